The van der Waals surface area contributed by atoms with Crippen LogP contribution in [0.4, 0.5) is 4.39 Å². The van der Waals surface area contributed by atoms with Crippen molar-refractivity contribution >= 4 is 0 Å². The summed E-state index contributed by atoms with van der Waals surface area (Å²) in [7, 11) is 0. The number of benzene rings is 1. The molecule has 1 aliphatic carbocycles. The summed E-state index contributed by atoms with van der Waals surface area (Å²) in [6, 6.07) is 7.65. The number of aromatic nitrogens is 2. The normalized spacial score (nSPS) is 22.3. The van der Waals surface area contributed by atoms with E-state index in [4.69, 9.17) is 0 Å². The maximum atomic E-state index is 13.3. The molecule has 5 heteroatoms. The number of halogens is 1. The van der Waals surface area contributed by atoms with Crippen molar-refractivity contribution in [1.82, 2.24) is 19.8 Å². The Bertz CT molecular complexity index is 748. The average Bonchev–Trinajstić information content (AvgIpc) is 3.17. The van der Waals surface area contributed by atoms with Crippen LogP contribution >= 0.6 is 0 Å². The molecule has 2 heterocycles. The maximum absolute atomic E-state index is 13.3. The van der Waals surface area contributed by atoms with Gasteiger partial charge in [-0.3, -0.25) is 4.90 Å². The van der Waals surface area contributed by atoms with Gasteiger partial charge in [-0.2, -0.15) is 0 Å². The van der Waals surface area contributed by atoms with Gasteiger partial charge in [-0.25, -0.2) is 9.37 Å². The van der Waals surface area contributed by atoms with Crippen LogP contribution in [0.1, 0.15) is 50.4 Å². The average molecular weight is 371 g/mol. The molecular weight excluding hydrogens is 339 g/mol. The highest BCUT2D eigenvalue weighted by molar-refractivity contribution is 5.21. The molecule has 2 atom stereocenters. The van der Waals surface area contributed by atoms with Gasteiger partial charge >= 0.3 is 0 Å². The summed E-state index contributed by atoms with van der Waals surface area (Å²) >= 11 is 0. The molecule has 4 nitrogen and oxygen atoms in total. The Morgan fingerprint density at radius 2 is 2.04 bits per heavy atom. The second-order valence-electron chi connectivity index (χ2n) is 8.34. The van der Waals surface area contributed by atoms with Gasteiger partial charge in [0.2, 0.25) is 0 Å². The van der Waals surface area contributed by atoms with Gasteiger partial charge < -0.3 is 9.88 Å². The minimum Gasteiger partial charge on any atom is -0.334 e. The SMILES string of the molecule is CCn1ccnc1CN(CC(C)c1ccc(F)cc1)C1CC12CCNCC2. The zero-order valence-electron chi connectivity index (χ0n) is 16.5. The van der Waals surface area contributed by atoms with Crippen LogP contribution in [-0.4, -0.2) is 40.1 Å². The Balaban J connectivity index is 1.51. The number of nitrogens with zero attached hydrogens (tertiary/aromatic N) is 3. The fraction of sp³-hybridized carbons (Fsp3) is 0.591. The van der Waals surface area contributed by atoms with E-state index in [-0.39, 0.29) is 5.82 Å². The van der Waals surface area contributed by atoms with Crippen LogP contribution in [0, 0.1) is 11.2 Å². The first kappa shape index (κ1) is 18.6. The van der Waals surface area contributed by atoms with Crippen LogP contribution in [-0.2, 0) is 13.1 Å². The van der Waals surface area contributed by atoms with Crippen molar-refractivity contribution < 1.29 is 4.39 Å². The van der Waals surface area contributed by atoms with Crippen LogP contribution < -0.4 is 5.32 Å². The quantitative estimate of drug-likeness (QED) is 0.805. The van der Waals surface area contributed by atoms with Crippen LogP contribution in [0.25, 0.3) is 0 Å². The van der Waals surface area contributed by atoms with Gasteiger partial charge in [0.05, 0.1) is 6.54 Å². The summed E-state index contributed by atoms with van der Waals surface area (Å²) < 4.78 is 15.5. The Hall–Kier alpha value is -1.72. The van der Waals surface area contributed by atoms with E-state index >= 15 is 0 Å². The number of hydrogen-bond acceptors (Lipinski definition) is 3. The van der Waals surface area contributed by atoms with Gasteiger partial charge in [0.15, 0.2) is 0 Å². The molecule has 2 aliphatic rings. The summed E-state index contributed by atoms with van der Waals surface area (Å²) in [5.41, 5.74) is 1.71. The molecule has 2 aromatic rings. The van der Waals surface area contributed by atoms with Crippen molar-refractivity contribution in [2.24, 2.45) is 5.41 Å². The largest absolute Gasteiger partial charge is 0.334 e. The zero-order chi connectivity index (χ0) is 18.9. The highest BCUT2D eigenvalue weighted by Crippen LogP contribution is 2.56. The van der Waals surface area contributed by atoms with Gasteiger partial charge in [0.25, 0.3) is 0 Å². The van der Waals surface area contributed by atoms with Gasteiger partial charge in [-0.15, -0.1) is 0 Å². The maximum Gasteiger partial charge on any atom is 0.123 e. The molecule has 1 aromatic heterocycles. The third-order valence-electron chi connectivity index (χ3n) is 6.62. The van der Waals surface area contributed by atoms with Crippen LogP contribution in [0.15, 0.2) is 36.7 Å². The van der Waals surface area contributed by atoms with E-state index in [0.717, 1.165) is 38.5 Å². The summed E-state index contributed by atoms with van der Waals surface area (Å²) in [6.45, 7) is 9.54. The summed E-state index contributed by atoms with van der Waals surface area (Å²) in [6.07, 6.45) is 7.85. The number of nitrogens with one attached hydrogen (secondary N) is 1. The molecule has 1 saturated heterocycles. The van der Waals surface area contributed by atoms with Gasteiger partial charge in [0.1, 0.15) is 11.6 Å². The molecule has 1 spiro atoms. The van der Waals surface area contributed by atoms with Crippen LogP contribution in [0.3, 0.4) is 0 Å². The number of rotatable bonds is 7. The molecule has 0 amide bonds. The summed E-state index contributed by atoms with van der Waals surface area (Å²) in [5.74, 6) is 1.36. The highest BCUT2D eigenvalue weighted by atomic mass is 19.1. The molecule has 27 heavy (non-hydrogen) atoms. The third kappa shape index (κ3) is 3.94. The summed E-state index contributed by atoms with van der Waals surface area (Å²) in [4.78, 5) is 7.27. The number of piperidine rings is 1. The van der Waals surface area contributed by atoms with Crippen LogP contribution in [0.2, 0.25) is 0 Å². The molecule has 0 radical (unpaired) electrons. The van der Waals surface area contributed by atoms with E-state index in [1.165, 1.54) is 24.8 Å². The molecule has 1 aromatic carbocycles. The number of hydrogen-bond donors (Lipinski definition) is 1. The minimum atomic E-state index is -0.163. The third-order valence-corrected chi connectivity index (χ3v) is 6.62. The van der Waals surface area contributed by atoms with E-state index in [9.17, 15) is 4.39 Å². The molecular formula is C22H31FN4. The minimum absolute atomic E-state index is 0.163. The molecule has 0 bridgehead atoms. The van der Waals surface area contributed by atoms with Gasteiger partial charge in [-0.1, -0.05) is 19.1 Å². The predicted molar refractivity (Wildman–Crippen MR) is 106 cm³/mol. The Morgan fingerprint density at radius 3 is 2.74 bits per heavy atom. The van der Waals surface area contributed by atoms with E-state index in [0.29, 0.717) is 17.4 Å². The fourth-order valence-electron chi connectivity index (χ4n) is 4.82. The predicted octanol–water partition coefficient (Wildman–Crippen LogP) is 3.79. The lowest BCUT2D eigenvalue weighted by Gasteiger charge is -2.31. The van der Waals surface area contributed by atoms with Gasteiger partial charge in [-0.05, 0) is 68.3 Å². The first-order valence-corrected chi connectivity index (χ1v) is 10.3. The first-order chi connectivity index (χ1) is 13.1. The molecule has 1 aliphatic heterocycles. The van der Waals surface area contributed by atoms with Crippen molar-refractivity contribution in [2.45, 2.75) is 58.2 Å². The van der Waals surface area contributed by atoms with E-state index in [1.807, 2.05) is 18.3 Å². The smallest absolute Gasteiger partial charge is 0.123 e. The Morgan fingerprint density at radius 1 is 1.30 bits per heavy atom. The van der Waals surface area contributed by atoms with Crippen molar-refractivity contribution in [2.75, 3.05) is 19.6 Å². The lowest BCUT2D eigenvalue weighted by molar-refractivity contribution is 0.182. The second kappa shape index (κ2) is 7.72. The van der Waals surface area contributed by atoms with Crippen molar-refractivity contribution in [3.8, 4) is 0 Å². The van der Waals surface area contributed by atoms with Crippen molar-refractivity contribution in [3.05, 3.63) is 53.9 Å². The lowest BCUT2D eigenvalue weighted by Crippen LogP contribution is -2.38. The zero-order valence-corrected chi connectivity index (χ0v) is 16.5. The standard InChI is InChI=1S/C22H31FN4/c1-3-26-13-12-25-21(26)16-27(20-14-22(20)8-10-24-11-9-22)15-17(2)18-4-6-19(23)7-5-18/h4-7,12-13,17,20,24H,3,8-11,14-16H2,1-2H3. The number of aryl methyl sites for hydroxylation is 1. The fourth-order valence-corrected chi connectivity index (χ4v) is 4.82. The van der Waals surface area contributed by atoms with E-state index < -0.39 is 0 Å². The molecule has 2 unspecified atom stereocenters. The Labute approximate surface area is 161 Å². The first-order valence-electron chi connectivity index (χ1n) is 10.3. The van der Waals surface area contributed by atoms with Gasteiger partial charge in [0, 0.05) is 31.5 Å². The monoisotopic (exact) mass is 370 g/mol. The van der Waals surface area contributed by atoms with Crippen molar-refractivity contribution in [3.63, 3.8) is 0 Å². The highest BCUT2D eigenvalue weighted by Gasteiger charge is 2.56. The molecule has 146 valence electrons. The second-order valence-corrected chi connectivity index (χ2v) is 8.34. The topological polar surface area (TPSA) is 33.1 Å². The number of imidazole rings is 1. The van der Waals surface area contributed by atoms with E-state index in [2.05, 4.69) is 39.8 Å². The lowest BCUT2D eigenvalue weighted by atomic mass is 9.93. The van der Waals surface area contributed by atoms with Crippen LogP contribution in [0.5, 0.6) is 0 Å². The molecule has 1 saturated carbocycles. The molecule has 2 fully saturated rings. The van der Waals surface area contributed by atoms with Crippen molar-refractivity contribution in [1.29, 1.82) is 0 Å². The summed E-state index contributed by atoms with van der Waals surface area (Å²) in [5, 5.41) is 3.51. The molecule has 4 rings (SSSR count). The molecule has 1 N–H and O–H groups in total. The van der Waals surface area contributed by atoms with E-state index in [1.54, 1.807) is 12.1 Å². The Kier molecular flexibility index (Phi) is 5.33.